The summed E-state index contributed by atoms with van der Waals surface area (Å²) in [6, 6.07) is 11.3. The number of likely N-dealkylation sites (N-methyl/N-ethyl adjacent to an activating group) is 1. The zero-order valence-electron chi connectivity index (χ0n) is 15.7. The molecule has 7 nitrogen and oxygen atoms in total. The number of ether oxygens (including phenoxy) is 2. The fourth-order valence-corrected chi connectivity index (χ4v) is 2.53. The van der Waals surface area contributed by atoms with Crippen molar-refractivity contribution in [3.8, 4) is 11.6 Å². The minimum Gasteiger partial charge on any atom is -0.497 e. The van der Waals surface area contributed by atoms with Crippen LogP contribution in [0.3, 0.4) is 0 Å². The first-order valence-corrected chi connectivity index (χ1v) is 8.34. The highest BCUT2D eigenvalue weighted by Gasteiger charge is 2.15. The molecule has 2 N–H and O–H groups in total. The molecule has 0 fully saturated rings. The third-order valence-corrected chi connectivity index (χ3v) is 4.04. The lowest BCUT2D eigenvalue weighted by molar-refractivity contribution is 0.232. The smallest absolute Gasteiger partial charge is 0.315 e. The number of pyridine rings is 1. The molecule has 0 aliphatic heterocycles. The second kappa shape index (κ2) is 9.62. The molecule has 2 aromatic rings. The number of amides is 2. The first-order chi connectivity index (χ1) is 12.5. The Morgan fingerprint density at radius 1 is 1.12 bits per heavy atom. The lowest BCUT2D eigenvalue weighted by atomic mass is 10.1. The second-order valence-corrected chi connectivity index (χ2v) is 6.02. The molecule has 1 unspecified atom stereocenters. The van der Waals surface area contributed by atoms with Gasteiger partial charge in [-0.15, -0.1) is 0 Å². The highest BCUT2D eigenvalue weighted by molar-refractivity contribution is 5.73. The lowest BCUT2D eigenvalue weighted by Crippen LogP contribution is -2.40. The van der Waals surface area contributed by atoms with E-state index < -0.39 is 0 Å². The molecule has 0 spiro atoms. The van der Waals surface area contributed by atoms with Crippen molar-refractivity contribution >= 4 is 6.03 Å². The number of methoxy groups -OCH3 is 2. The second-order valence-electron chi connectivity index (χ2n) is 6.02. The Bertz CT molecular complexity index is 704. The Morgan fingerprint density at radius 3 is 2.46 bits per heavy atom. The summed E-state index contributed by atoms with van der Waals surface area (Å²) in [4.78, 5) is 18.2. The molecule has 140 valence electrons. The Kier molecular flexibility index (Phi) is 7.23. The fraction of sp³-hybridized carbons (Fsp3) is 0.368. The molecular formula is C19H26N4O3. The van der Waals surface area contributed by atoms with Gasteiger partial charge in [-0.05, 0) is 43.4 Å². The maximum atomic E-state index is 12.1. The van der Waals surface area contributed by atoms with Gasteiger partial charge in [0.2, 0.25) is 5.88 Å². The summed E-state index contributed by atoms with van der Waals surface area (Å²) in [6.07, 6.45) is 1.65. The molecule has 0 aliphatic rings. The van der Waals surface area contributed by atoms with Gasteiger partial charge in [-0.3, -0.25) is 0 Å². The topological polar surface area (TPSA) is 75.7 Å². The summed E-state index contributed by atoms with van der Waals surface area (Å²) in [5.41, 5.74) is 2.03. The Labute approximate surface area is 154 Å². The summed E-state index contributed by atoms with van der Waals surface area (Å²) in [7, 11) is 7.17. The molecule has 0 aliphatic carbocycles. The van der Waals surface area contributed by atoms with Gasteiger partial charge in [0.15, 0.2) is 0 Å². The summed E-state index contributed by atoms with van der Waals surface area (Å²) in [6.45, 7) is 0.894. The number of nitrogens with zero attached hydrogens (tertiary/aromatic N) is 2. The molecule has 0 radical (unpaired) electrons. The van der Waals surface area contributed by atoms with E-state index in [1.807, 2.05) is 44.4 Å². The van der Waals surface area contributed by atoms with E-state index in [9.17, 15) is 4.79 Å². The van der Waals surface area contributed by atoms with Crippen molar-refractivity contribution in [1.82, 2.24) is 20.5 Å². The predicted molar refractivity (Wildman–Crippen MR) is 100 cm³/mol. The molecule has 0 saturated carbocycles. The van der Waals surface area contributed by atoms with Crippen molar-refractivity contribution in [2.75, 3.05) is 34.9 Å². The number of hydrogen-bond donors (Lipinski definition) is 2. The predicted octanol–water partition coefficient (Wildman–Crippen LogP) is 2.20. The van der Waals surface area contributed by atoms with Crippen molar-refractivity contribution in [2.24, 2.45) is 0 Å². The molecule has 26 heavy (non-hydrogen) atoms. The Morgan fingerprint density at radius 2 is 1.85 bits per heavy atom. The minimum absolute atomic E-state index is 0.0627. The van der Waals surface area contributed by atoms with Gasteiger partial charge in [0.25, 0.3) is 0 Å². The molecule has 1 heterocycles. The summed E-state index contributed by atoms with van der Waals surface area (Å²) < 4.78 is 10.3. The van der Waals surface area contributed by atoms with Crippen molar-refractivity contribution in [1.29, 1.82) is 0 Å². The highest BCUT2D eigenvalue weighted by Crippen LogP contribution is 2.20. The van der Waals surface area contributed by atoms with Crippen LogP contribution in [0.25, 0.3) is 0 Å². The van der Waals surface area contributed by atoms with Crippen LogP contribution in [-0.2, 0) is 6.54 Å². The zero-order valence-corrected chi connectivity index (χ0v) is 15.7. The number of carbonyl (C=O) groups excluding carboxylic acids is 1. The molecule has 1 aromatic carbocycles. The molecule has 0 bridgehead atoms. The third kappa shape index (κ3) is 5.63. The number of rotatable bonds is 8. The Balaban J connectivity index is 1.88. The van der Waals surface area contributed by atoms with Crippen molar-refractivity contribution in [3.05, 3.63) is 53.7 Å². The van der Waals surface area contributed by atoms with E-state index in [1.165, 1.54) is 0 Å². The van der Waals surface area contributed by atoms with Gasteiger partial charge in [-0.2, -0.15) is 0 Å². The highest BCUT2D eigenvalue weighted by atomic mass is 16.5. The van der Waals surface area contributed by atoms with E-state index in [2.05, 4.69) is 20.5 Å². The van der Waals surface area contributed by atoms with Gasteiger partial charge in [-0.25, -0.2) is 9.78 Å². The quantitative estimate of drug-likeness (QED) is 0.757. The van der Waals surface area contributed by atoms with Crippen LogP contribution >= 0.6 is 0 Å². The third-order valence-electron chi connectivity index (χ3n) is 4.04. The van der Waals surface area contributed by atoms with E-state index in [-0.39, 0.29) is 12.1 Å². The number of nitrogens with one attached hydrogen (secondary N) is 2. The van der Waals surface area contributed by atoms with Gasteiger partial charge < -0.3 is 25.0 Å². The molecule has 1 atom stereocenters. The van der Waals surface area contributed by atoms with Crippen LogP contribution in [0.2, 0.25) is 0 Å². The maximum Gasteiger partial charge on any atom is 0.315 e. The van der Waals surface area contributed by atoms with Gasteiger partial charge in [0.1, 0.15) is 5.75 Å². The first-order valence-electron chi connectivity index (χ1n) is 8.34. The molecule has 2 amide bonds. The van der Waals surface area contributed by atoms with E-state index in [1.54, 1.807) is 26.5 Å². The van der Waals surface area contributed by atoms with Crippen LogP contribution in [-0.4, -0.2) is 50.8 Å². The Hall–Kier alpha value is -2.80. The van der Waals surface area contributed by atoms with Crippen LogP contribution in [0.1, 0.15) is 17.2 Å². The van der Waals surface area contributed by atoms with Gasteiger partial charge in [-0.1, -0.05) is 12.1 Å². The van der Waals surface area contributed by atoms with Crippen LogP contribution in [0.4, 0.5) is 4.79 Å². The van der Waals surface area contributed by atoms with Crippen LogP contribution in [0, 0.1) is 0 Å². The lowest BCUT2D eigenvalue weighted by Gasteiger charge is -2.25. The average Bonchev–Trinajstić information content (AvgIpc) is 2.67. The number of benzene rings is 1. The average molecular weight is 358 g/mol. The van der Waals surface area contributed by atoms with E-state index in [0.717, 1.165) is 16.9 Å². The molecule has 2 rings (SSSR count). The normalized spacial score (nSPS) is 11.7. The summed E-state index contributed by atoms with van der Waals surface area (Å²) >= 11 is 0. The van der Waals surface area contributed by atoms with E-state index >= 15 is 0 Å². The van der Waals surface area contributed by atoms with Gasteiger partial charge >= 0.3 is 6.03 Å². The van der Waals surface area contributed by atoms with Crippen molar-refractivity contribution in [3.63, 3.8) is 0 Å². The van der Waals surface area contributed by atoms with Crippen LogP contribution in [0.15, 0.2) is 42.6 Å². The number of carbonyl (C=O) groups is 1. The van der Waals surface area contributed by atoms with Crippen LogP contribution < -0.4 is 20.1 Å². The molecule has 7 heteroatoms. The standard InChI is InChI=1S/C19H26N4O3/c1-23(2)17(15-5-7-16(25-3)8-6-15)13-22-19(24)21-12-14-9-10-20-18(11-14)26-4/h5-11,17H,12-13H2,1-4H3,(H2,21,22,24). The maximum absolute atomic E-state index is 12.1. The number of aromatic nitrogens is 1. The molecule has 1 aromatic heterocycles. The minimum atomic E-state index is -0.221. The zero-order chi connectivity index (χ0) is 18.9. The van der Waals surface area contributed by atoms with E-state index in [4.69, 9.17) is 9.47 Å². The van der Waals surface area contributed by atoms with Crippen molar-refractivity contribution in [2.45, 2.75) is 12.6 Å². The van der Waals surface area contributed by atoms with Crippen molar-refractivity contribution < 1.29 is 14.3 Å². The van der Waals surface area contributed by atoms with Gasteiger partial charge in [0, 0.05) is 25.4 Å². The first kappa shape index (κ1) is 19.5. The fourth-order valence-electron chi connectivity index (χ4n) is 2.53. The van der Waals surface area contributed by atoms with E-state index in [0.29, 0.717) is 19.0 Å². The summed E-state index contributed by atoms with van der Waals surface area (Å²) in [5.74, 6) is 1.33. The number of urea groups is 1. The molecule has 0 saturated heterocycles. The van der Waals surface area contributed by atoms with Gasteiger partial charge in [0.05, 0.1) is 20.3 Å². The molecular weight excluding hydrogens is 332 g/mol. The number of hydrogen-bond acceptors (Lipinski definition) is 5. The largest absolute Gasteiger partial charge is 0.497 e. The summed E-state index contributed by atoms with van der Waals surface area (Å²) in [5, 5.41) is 5.76. The van der Waals surface area contributed by atoms with Crippen LogP contribution in [0.5, 0.6) is 11.6 Å². The SMILES string of the molecule is COc1ccc(C(CNC(=O)NCc2ccnc(OC)c2)N(C)C)cc1. The monoisotopic (exact) mass is 358 g/mol.